The predicted octanol–water partition coefficient (Wildman–Crippen LogP) is 3.54. The van der Waals surface area contributed by atoms with E-state index in [1.165, 1.54) is 11.3 Å². The zero-order chi connectivity index (χ0) is 9.68. The Kier molecular flexibility index (Phi) is 4.78. The average molecular weight is 218 g/mol. The summed E-state index contributed by atoms with van der Waals surface area (Å²) >= 11 is 7.53. The van der Waals surface area contributed by atoms with Gasteiger partial charge in [-0.1, -0.05) is 31.9 Å². The van der Waals surface area contributed by atoms with Crippen LogP contribution >= 0.6 is 22.9 Å². The summed E-state index contributed by atoms with van der Waals surface area (Å²) in [6.45, 7) is 6.51. The molecule has 0 aliphatic heterocycles. The van der Waals surface area contributed by atoms with Crippen molar-refractivity contribution in [2.75, 3.05) is 6.54 Å². The molecule has 0 saturated heterocycles. The number of nitrogens with one attached hydrogen (secondary N) is 1. The first-order valence-electron chi connectivity index (χ1n) is 4.66. The van der Waals surface area contributed by atoms with Crippen molar-refractivity contribution in [1.29, 1.82) is 0 Å². The second-order valence-corrected chi connectivity index (χ2v) is 4.81. The molecular weight excluding hydrogens is 202 g/mol. The van der Waals surface area contributed by atoms with Gasteiger partial charge in [-0.05, 0) is 18.5 Å². The maximum absolute atomic E-state index is 5.81. The monoisotopic (exact) mass is 217 g/mol. The van der Waals surface area contributed by atoms with Gasteiger partial charge in [0.2, 0.25) is 0 Å². The van der Waals surface area contributed by atoms with Gasteiger partial charge >= 0.3 is 0 Å². The first-order valence-corrected chi connectivity index (χ1v) is 5.91. The van der Waals surface area contributed by atoms with E-state index in [4.69, 9.17) is 11.6 Å². The van der Waals surface area contributed by atoms with E-state index in [9.17, 15) is 0 Å². The van der Waals surface area contributed by atoms with Crippen molar-refractivity contribution < 1.29 is 0 Å². The van der Waals surface area contributed by atoms with Gasteiger partial charge in [-0.2, -0.15) is 0 Å². The number of hydrogen-bond donors (Lipinski definition) is 1. The molecule has 0 bridgehead atoms. The van der Waals surface area contributed by atoms with Crippen LogP contribution in [0.4, 0.5) is 0 Å². The Hall–Kier alpha value is -0.0500. The Morgan fingerprint density at radius 3 is 2.92 bits per heavy atom. The molecule has 0 saturated carbocycles. The summed E-state index contributed by atoms with van der Waals surface area (Å²) in [5, 5.41) is 6.24. The zero-order valence-corrected chi connectivity index (χ0v) is 9.71. The molecule has 0 aromatic carbocycles. The fourth-order valence-corrected chi connectivity index (χ4v) is 2.08. The van der Waals surface area contributed by atoms with Crippen molar-refractivity contribution in [3.8, 4) is 0 Å². The summed E-state index contributed by atoms with van der Waals surface area (Å²) in [4.78, 5) is 1.31. The molecule has 0 amide bonds. The summed E-state index contributed by atoms with van der Waals surface area (Å²) in [6.07, 6.45) is 1.23. The largest absolute Gasteiger partial charge is 0.312 e. The van der Waals surface area contributed by atoms with Crippen molar-refractivity contribution in [3.63, 3.8) is 0 Å². The fraction of sp³-hybridized carbons (Fsp3) is 0.600. The molecule has 1 aromatic heterocycles. The highest BCUT2D eigenvalue weighted by atomic mass is 35.5. The topological polar surface area (TPSA) is 12.0 Å². The maximum Gasteiger partial charge on any atom is 0.0516 e. The average Bonchev–Trinajstić information content (AvgIpc) is 2.51. The maximum atomic E-state index is 5.81. The lowest BCUT2D eigenvalue weighted by Gasteiger charge is -2.08. The molecule has 1 aromatic rings. The fourth-order valence-electron chi connectivity index (χ4n) is 1.03. The molecule has 0 aliphatic carbocycles. The Morgan fingerprint density at radius 2 is 2.38 bits per heavy atom. The van der Waals surface area contributed by atoms with Crippen molar-refractivity contribution in [3.05, 3.63) is 21.3 Å². The van der Waals surface area contributed by atoms with Crippen molar-refractivity contribution in [1.82, 2.24) is 5.32 Å². The molecule has 1 heterocycles. The van der Waals surface area contributed by atoms with E-state index in [0.29, 0.717) is 0 Å². The van der Waals surface area contributed by atoms with E-state index in [2.05, 4.69) is 19.2 Å². The summed E-state index contributed by atoms with van der Waals surface area (Å²) in [5.41, 5.74) is 0. The molecule has 3 heteroatoms. The van der Waals surface area contributed by atoms with Crippen LogP contribution in [0.5, 0.6) is 0 Å². The van der Waals surface area contributed by atoms with Gasteiger partial charge in [0, 0.05) is 16.8 Å². The lowest BCUT2D eigenvalue weighted by Crippen LogP contribution is -2.19. The number of halogens is 1. The van der Waals surface area contributed by atoms with Gasteiger partial charge in [0.25, 0.3) is 0 Å². The lowest BCUT2D eigenvalue weighted by molar-refractivity contribution is 0.501. The molecule has 0 aliphatic rings. The Bertz CT molecular complexity index is 247. The molecule has 0 spiro atoms. The Balaban J connectivity index is 2.20. The highest BCUT2D eigenvalue weighted by Gasteiger charge is 1.99. The third-order valence-electron chi connectivity index (χ3n) is 2.11. The molecule has 1 nitrogen and oxygen atoms in total. The smallest absolute Gasteiger partial charge is 0.0516 e. The summed E-state index contributed by atoms with van der Waals surface area (Å²) in [5.74, 6) is 0.760. The van der Waals surface area contributed by atoms with E-state index in [0.717, 1.165) is 24.0 Å². The van der Waals surface area contributed by atoms with Crippen LogP contribution in [-0.2, 0) is 6.54 Å². The van der Waals surface area contributed by atoms with E-state index < -0.39 is 0 Å². The first-order chi connectivity index (χ1) is 6.22. The normalized spacial score (nSPS) is 13.2. The lowest BCUT2D eigenvalue weighted by atomic mass is 10.1. The number of rotatable bonds is 5. The standard InChI is InChI=1S/C10H16ClNS/c1-3-8(2)5-12-6-10-4-9(11)7-13-10/h4,7-8,12H,3,5-6H2,1-2H3. The van der Waals surface area contributed by atoms with Crippen LogP contribution in [0.15, 0.2) is 11.4 Å². The SMILES string of the molecule is CCC(C)CNCc1cc(Cl)cs1. The van der Waals surface area contributed by atoms with Crippen LogP contribution in [0.25, 0.3) is 0 Å². The second-order valence-electron chi connectivity index (χ2n) is 3.38. The van der Waals surface area contributed by atoms with Crippen LogP contribution < -0.4 is 5.32 Å². The van der Waals surface area contributed by atoms with Gasteiger partial charge in [0.15, 0.2) is 0 Å². The minimum atomic E-state index is 0.760. The minimum Gasteiger partial charge on any atom is -0.312 e. The number of hydrogen-bond acceptors (Lipinski definition) is 2. The minimum absolute atomic E-state index is 0.760. The van der Waals surface area contributed by atoms with Crippen LogP contribution in [0.3, 0.4) is 0 Å². The Labute approximate surface area is 89.1 Å². The summed E-state index contributed by atoms with van der Waals surface area (Å²) in [7, 11) is 0. The Morgan fingerprint density at radius 1 is 1.62 bits per heavy atom. The van der Waals surface area contributed by atoms with Gasteiger partial charge < -0.3 is 5.32 Å². The van der Waals surface area contributed by atoms with Crippen LogP contribution in [0.2, 0.25) is 5.02 Å². The highest BCUT2D eigenvalue weighted by Crippen LogP contribution is 2.18. The van der Waals surface area contributed by atoms with Gasteiger partial charge in [0.1, 0.15) is 0 Å². The molecule has 1 N–H and O–H groups in total. The molecule has 13 heavy (non-hydrogen) atoms. The third kappa shape index (κ3) is 4.12. The third-order valence-corrected chi connectivity index (χ3v) is 3.40. The first kappa shape index (κ1) is 11.0. The van der Waals surface area contributed by atoms with Crippen molar-refractivity contribution in [2.45, 2.75) is 26.8 Å². The van der Waals surface area contributed by atoms with Gasteiger partial charge in [-0.25, -0.2) is 0 Å². The molecule has 74 valence electrons. The molecule has 1 atom stereocenters. The summed E-state index contributed by atoms with van der Waals surface area (Å²) in [6, 6.07) is 2.02. The summed E-state index contributed by atoms with van der Waals surface area (Å²) < 4.78 is 0. The highest BCUT2D eigenvalue weighted by molar-refractivity contribution is 7.10. The van der Waals surface area contributed by atoms with Gasteiger partial charge in [0.05, 0.1) is 5.02 Å². The van der Waals surface area contributed by atoms with E-state index in [-0.39, 0.29) is 0 Å². The van der Waals surface area contributed by atoms with Gasteiger partial charge in [-0.3, -0.25) is 0 Å². The van der Waals surface area contributed by atoms with Crippen LogP contribution in [0.1, 0.15) is 25.1 Å². The van der Waals surface area contributed by atoms with E-state index >= 15 is 0 Å². The molecule has 0 fully saturated rings. The molecule has 1 unspecified atom stereocenters. The van der Waals surface area contributed by atoms with Crippen LogP contribution in [0, 0.1) is 5.92 Å². The van der Waals surface area contributed by atoms with E-state index in [1.54, 1.807) is 11.3 Å². The van der Waals surface area contributed by atoms with Crippen molar-refractivity contribution in [2.24, 2.45) is 5.92 Å². The second kappa shape index (κ2) is 5.63. The molecule has 1 rings (SSSR count). The zero-order valence-electron chi connectivity index (χ0n) is 8.14. The molecular formula is C10H16ClNS. The van der Waals surface area contributed by atoms with Crippen molar-refractivity contribution >= 4 is 22.9 Å². The quantitative estimate of drug-likeness (QED) is 0.796. The van der Waals surface area contributed by atoms with Gasteiger partial charge in [-0.15, -0.1) is 11.3 Å². The molecule has 0 radical (unpaired) electrons. The van der Waals surface area contributed by atoms with Crippen LogP contribution in [-0.4, -0.2) is 6.54 Å². The predicted molar refractivity (Wildman–Crippen MR) is 60.5 cm³/mol. The number of thiophene rings is 1. The van der Waals surface area contributed by atoms with E-state index in [1.807, 2.05) is 11.4 Å².